The average molecular weight is 342 g/mol. The van der Waals surface area contributed by atoms with Gasteiger partial charge in [-0.2, -0.15) is 0 Å². The van der Waals surface area contributed by atoms with Gasteiger partial charge in [-0.25, -0.2) is 0 Å². The van der Waals surface area contributed by atoms with Gasteiger partial charge in [-0.05, 0) is 19.9 Å². The maximum Gasteiger partial charge on any atom is 0.256 e. The molecule has 0 aliphatic carbocycles. The molecule has 0 bridgehead atoms. The molecule has 1 fully saturated rings. The molecule has 1 saturated heterocycles. The highest BCUT2D eigenvalue weighted by Gasteiger charge is 2.29. The van der Waals surface area contributed by atoms with Gasteiger partial charge in [-0.3, -0.25) is 14.4 Å². The molecule has 1 aromatic carbocycles. The zero-order valence-electron chi connectivity index (χ0n) is 14.4. The predicted molar refractivity (Wildman–Crippen MR) is 94.1 cm³/mol. The highest BCUT2D eigenvalue weighted by atomic mass is 16.2. The summed E-state index contributed by atoms with van der Waals surface area (Å²) in [6.07, 6.45) is 1.68. The van der Waals surface area contributed by atoms with Crippen molar-refractivity contribution in [2.45, 2.75) is 19.9 Å². The Kier molecular flexibility index (Phi) is 4.74. The number of H-pyrrole nitrogens is 1. The van der Waals surface area contributed by atoms with Gasteiger partial charge in [0.05, 0.1) is 12.1 Å². The van der Waals surface area contributed by atoms with E-state index in [1.165, 1.54) is 9.80 Å². The molecule has 0 atom stereocenters. The van der Waals surface area contributed by atoms with Crippen molar-refractivity contribution in [3.8, 4) is 0 Å². The van der Waals surface area contributed by atoms with Crippen LogP contribution in [0.5, 0.6) is 0 Å². The summed E-state index contributed by atoms with van der Waals surface area (Å²) in [6.45, 7) is 4.55. The Morgan fingerprint density at radius 3 is 2.72 bits per heavy atom. The number of amides is 3. The lowest BCUT2D eigenvalue weighted by atomic mass is 10.1. The Labute approximate surface area is 146 Å². The maximum absolute atomic E-state index is 12.8. The van der Waals surface area contributed by atoms with Gasteiger partial charge < -0.3 is 20.1 Å². The van der Waals surface area contributed by atoms with Crippen LogP contribution in [0.3, 0.4) is 0 Å². The van der Waals surface area contributed by atoms with Gasteiger partial charge in [0.1, 0.15) is 6.54 Å². The Hall–Kier alpha value is -2.83. The summed E-state index contributed by atoms with van der Waals surface area (Å²) >= 11 is 0. The van der Waals surface area contributed by atoms with Crippen molar-refractivity contribution in [2.75, 3.05) is 26.2 Å². The first-order valence-electron chi connectivity index (χ1n) is 8.38. The fraction of sp³-hybridized carbons (Fsp3) is 0.389. The van der Waals surface area contributed by atoms with Crippen LogP contribution in [-0.4, -0.2) is 64.7 Å². The second-order valence-electron chi connectivity index (χ2n) is 6.51. The number of nitrogens with zero attached hydrogens (tertiary/aromatic N) is 2. The van der Waals surface area contributed by atoms with E-state index < -0.39 is 0 Å². The quantitative estimate of drug-likeness (QED) is 0.868. The molecule has 0 spiro atoms. The third-order valence-corrected chi connectivity index (χ3v) is 4.21. The summed E-state index contributed by atoms with van der Waals surface area (Å²) in [5.41, 5.74) is 1.45. The van der Waals surface area contributed by atoms with Crippen molar-refractivity contribution < 1.29 is 14.4 Å². The van der Waals surface area contributed by atoms with Crippen LogP contribution in [-0.2, 0) is 9.59 Å². The summed E-state index contributed by atoms with van der Waals surface area (Å²) in [6, 6.07) is 7.60. The van der Waals surface area contributed by atoms with Gasteiger partial charge in [0.2, 0.25) is 11.8 Å². The number of aromatic nitrogens is 1. The van der Waals surface area contributed by atoms with E-state index in [0.29, 0.717) is 18.7 Å². The van der Waals surface area contributed by atoms with Crippen molar-refractivity contribution >= 4 is 28.6 Å². The largest absolute Gasteiger partial charge is 0.360 e. The molecular formula is C18H22N4O3. The number of rotatable bonds is 4. The number of carbonyl (C=O) groups excluding carboxylic acids is 3. The third-order valence-electron chi connectivity index (χ3n) is 4.21. The van der Waals surface area contributed by atoms with Crippen LogP contribution in [0.15, 0.2) is 30.5 Å². The average Bonchev–Trinajstić information content (AvgIpc) is 2.99. The molecule has 0 radical (unpaired) electrons. The lowest BCUT2D eigenvalue weighted by Crippen LogP contribution is -2.54. The molecule has 0 saturated carbocycles. The summed E-state index contributed by atoms with van der Waals surface area (Å²) in [5, 5.41) is 3.62. The highest BCUT2D eigenvalue weighted by molar-refractivity contribution is 6.07. The molecule has 2 aromatic rings. The number of nitrogens with one attached hydrogen (secondary N) is 2. The van der Waals surface area contributed by atoms with Crippen LogP contribution in [0.4, 0.5) is 0 Å². The first-order valence-corrected chi connectivity index (χ1v) is 8.38. The van der Waals surface area contributed by atoms with Crippen LogP contribution in [0.2, 0.25) is 0 Å². The van der Waals surface area contributed by atoms with E-state index in [0.717, 1.165) is 10.9 Å². The van der Waals surface area contributed by atoms with E-state index in [-0.39, 0.29) is 36.9 Å². The first kappa shape index (κ1) is 17.0. The number of fused-ring (bicyclic) bond motifs is 1. The van der Waals surface area contributed by atoms with Crippen molar-refractivity contribution in [2.24, 2.45) is 0 Å². The lowest BCUT2D eigenvalue weighted by Gasteiger charge is -2.34. The van der Waals surface area contributed by atoms with Gasteiger partial charge in [-0.15, -0.1) is 0 Å². The third kappa shape index (κ3) is 3.65. The summed E-state index contributed by atoms with van der Waals surface area (Å²) in [5.74, 6) is -0.560. The molecule has 3 rings (SSSR count). The molecule has 3 amide bonds. The second kappa shape index (κ2) is 6.96. The van der Waals surface area contributed by atoms with Crippen LogP contribution in [0, 0.1) is 0 Å². The highest BCUT2D eigenvalue weighted by Crippen LogP contribution is 2.20. The van der Waals surface area contributed by atoms with Crippen LogP contribution >= 0.6 is 0 Å². The molecule has 7 nitrogen and oxygen atoms in total. The molecule has 2 N–H and O–H groups in total. The zero-order valence-corrected chi connectivity index (χ0v) is 14.4. The maximum atomic E-state index is 12.8. The van der Waals surface area contributed by atoms with Gasteiger partial charge in [-0.1, -0.05) is 18.2 Å². The summed E-state index contributed by atoms with van der Waals surface area (Å²) in [4.78, 5) is 43.0. The lowest BCUT2D eigenvalue weighted by molar-refractivity contribution is -0.139. The van der Waals surface area contributed by atoms with E-state index in [1.54, 1.807) is 6.20 Å². The van der Waals surface area contributed by atoms with Gasteiger partial charge in [0.15, 0.2) is 0 Å². The fourth-order valence-corrected chi connectivity index (χ4v) is 3.01. The molecule has 7 heteroatoms. The van der Waals surface area contributed by atoms with Gasteiger partial charge >= 0.3 is 0 Å². The molecular weight excluding hydrogens is 320 g/mol. The van der Waals surface area contributed by atoms with Crippen molar-refractivity contribution in [1.82, 2.24) is 20.1 Å². The second-order valence-corrected chi connectivity index (χ2v) is 6.51. The van der Waals surface area contributed by atoms with Crippen LogP contribution in [0.25, 0.3) is 10.9 Å². The standard InChI is InChI=1S/C18H22N4O3/c1-12(2)20-16(23)10-21-7-8-22(11-17(21)24)18(25)14-9-19-15-6-4-3-5-13(14)15/h3-6,9,12,19H,7-8,10-11H2,1-2H3,(H,20,23). The monoisotopic (exact) mass is 342 g/mol. The van der Waals surface area contributed by atoms with E-state index in [4.69, 9.17) is 0 Å². The molecule has 2 heterocycles. The number of piperazine rings is 1. The Balaban J connectivity index is 1.65. The minimum Gasteiger partial charge on any atom is -0.360 e. The smallest absolute Gasteiger partial charge is 0.256 e. The minimum absolute atomic E-state index is 0.00665. The van der Waals surface area contributed by atoms with E-state index in [9.17, 15) is 14.4 Å². The number of carbonyl (C=O) groups is 3. The SMILES string of the molecule is CC(C)NC(=O)CN1CCN(C(=O)c2c[nH]c3ccccc23)CC1=O. The van der Waals surface area contributed by atoms with Crippen molar-refractivity contribution in [3.05, 3.63) is 36.0 Å². The van der Waals surface area contributed by atoms with Crippen molar-refractivity contribution in [1.29, 1.82) is 0 Å². The molecule has 1 aliphatic heterocycles. The number of para-hydroxylation sites is 1. The molecule has 1 aromatic heterocycles. The molecule has 132 valence electrons. The van der Waals surface area contributed by atoms with Crippen LogP contribution in [0.1, 0.15) is 24.2 Å². The van der Waals surface area contributed by atoms with Gasteiger partial charge in [0.25, 0.3) is 5.91 Å². The van der Waals surface area contributed by atoms with Gasteiger partial charge in [0, 0.05) is 36.2 Å². The van der Waals surface area contributed by atoms with E-state index in [2.05, 4.69) is 10.3 Å². The molecule has 25 heavy (non-hydrogen) atoms. The van der Waals surface area contributed by atoms with Crippen molar-refractivity contribution in [3.63, 3.8) is 0 Å². The first-order chi connectivity index (χ1) is 12.0. The topological polar surface area (TPSA) is 85.5 Å². The fourth-order valence-electron chi connectivity index (χ4n) is 3.01. The minimum atomic E-state index is -0.210. The predicted octanol–water partition coefficient (Wildman–Crippen LogP) is 0.977. The zero-order chi connectivity index (χ0) is 18.0. The Morgan fingerprint density at radius 1 is 1.24 bits per heavy atom. The molecule has 0 unspecified atom stereocenters. The summed E-state index contributed by atoms with van der Waals surface area (Å²) < 4.78 is 0. The Morgan fingerprint density at radius 2 is 2.00 bits per heavy atom. The number of hydrogen-bond acceptors (Lipinski definition) is 3. The number of benzene rings is 1. The normalized spacial score (nSPS) is 15.1. The van der Waals surface area contributed by atoms with Crippen LogP contribution < -0.4 is 5.32 Å². The van der Waals surface area contributed by atoms with E-state index in [1.807, 2.05) is 38.1 Å². The molecule has 1 aliphatic rings. The number of hydrogen-bond donors (Lipinski definition) is 2. The summed E-state index contributed by atoms with van der Waals surface area (Å²) in [7, 11) is 0. The number of aromatic amines is 1. The van der Waals surface area contributed by atoms with E-state index >= 15 is 0 Å². The Bertz CT molecular complexity index is 812.